The van der Waals surface area contributed by atoms with Crippen LogP contribution in [-0.4, -0.2) is 37.6 Å². The lowest BCUT2D eigenvalue weighted by Crippen LogP contribution is -2.27. The number of alkyl halides is 1. The molecule has 0 aliphatic rings. The number of nitrogens with zero attached hydrogens (tertiary/aromatic N) is 1. The molecule has 5 nitrogen and oxygen atoms in total. The van der Waals surface area contributed by atoms with E-state index in [1.807, 2.05) is 13.8 Å². The van der Waals surface area contributed by atoms with Gasteiger partial charge in [-0.2, -0.15) is 0 Å². The van der Waals surface area contributed by atoms with Crippen LogP contribution in [0.15, 0.2) is 23.1 Å². The first-order valence-corrected chi connectivity index (χ1v) is 8.97. The first-order chi connectivity index (χ1) is 9.57. The maximum atomic E-state index is 12.2. The number of halogens is 2. The van der Waals surface area contributed by atoms with Gasteiger partial charge < -0.3 is 5.32 Å². The molecular formula is C13H18BrClN2O3S. The molecule has 0 heterocycles. The Kier molecular flexibility index (Phi) is 6.22. The average Bonchev–Trinajstić information content (AvgIpc) is 2.39. The van der Waals surface area contributed by atoms with Gasteiger partial charge in [-0.05, 0) is 24.1 Å². The number of benzene rings is 1. The van der Waals surface area contributed by atoms with E-state index in [2.05, 4.69) is 21.2 Å². The zero-order valence-electron chi connectivity index (χ0n) is 12.2. The van der Waals surface area contributed by atoms with E-state index in [0.29, 0.717) is 5.69 Å². The van der Waals surface area contributed by atoms with Crippen LogP contribution >= 0.6 is 27.5 Å². The van der Waals surface area contributed by atoms with E-state index in [-0.39, 0.29) is 26.6 Å². The van der Waals surface area contributed by atoms with Crippen LogP contribution in [-0.2, 0) is 14.8 Å². The SMILES string of the molecule is CC(C)C(Br)C(=O)Nc1ccc(Cl)c(S(=O)(=O)N(C)C)c1. The van der Waals surface area contributed by atoms with E-state index in [9.17, 15) is 13.2 Å². The number of nitrogens with one attached hydrogen (secondary N) is 1. The van der Waals surface area contributed by atoms with Gasteiger partial charge in [0.1, 0.15) is 4.90 Å². The van der Waals surface area contributed by atoms with Gasteiger partial charge >= 0.3 is 0 Å². The Morgan fingerprint density at radius 3 is 2.38 bits per heavy atom. The Labute approximate surface area is 138 Å². The second-order valence-electron chi connectivity index (χ2n) is 5.07. The van der Waals surface area contributed by atoms with Crippen molar-refractivity contribution in [1.29, 1.82) is 0 Å². The van der Waals surface area contributed by atoms with Gasteiger partial charge in [0.05, 0.1) is 9.85 Å². The molecule has 0 saturated heterocycles. The van der Waals surface area contributed by atoms with Crippen LogP contribution in [0.3, 0.4) is 0 Å². The van der Waals surface area contributed by atoms with Crippen molar-refractivity contribution in [2.75, 3.05) is 19.4 Å². The van der Waals surface area contributed by atoms with Crippen molar-refractivity contribution in [3.05, 3.63) is 23.2 Å². The smallest absolute Gasteiger partial charge is 0.244 e. The highest BCUT2D eigenvalue weighted by Gasteiger charge is 2.23. The third-order valence-electron chi connectivity index (χ3n) is 2.79. The van der Waals surface area contributed by atoms with Gasteiger partial charge in [-0.3, -0.25) is 4.79 Å². The lowest BCUT2D eigenvalue weighted by Gasteiger charge is -2.16. The lowest BCUT2D eigenvalue weighted by molar-refractivity contribution is -0.116. The zero-order chi connectivity index (χ0) is 16.4. The Bertz CT molecular complexity index is 632. The van der Waals surface area contributed by atoms with E-state index in [1.54, 1.807) is 6.07 Å². The fourth-order valence-electron chi connectivity index (χ4n) is 1.49. The normalized spacial score (nSPS) is 13.5. The third-order valence-corrected chi connectivity index (χ3v) is 6.56. The maximum absolute atomic E-state index is 12.2. The Balaban J connectivity index is 3.12. The second-order valence-corrected chi connectivity index (χ2v) is 8.58. The number of rotatable bonds is 5. The van der Waals surface area contributed by atoms with Crippen LogP contribution in [0.4, 0.5) is 5.69 Å². The van der Waals surface area contributed by atoms with Crippen LogP contribution in [0.25, 0.3) is 0 Å². The molecule has 0 saturated carbocycles. The van der Waals surface area contributed by atoms with Gasteiger partial charge in [0.2, 0.25) is 15.9 Å². The molecule has 0 aliphatic carbocycles. The molecule has 1 aromatic carbocycles. The minimum atomic E-state index is -3.66. The molecule has 0 aliphatic heterocycles. The molecular weight excluding hydrogens is 380 g/mol. The summed E-state index contributed by atoms with van der Waals surface area (Å²) in [5.41, 5.74) is 0.384. The highest BCUT2D eigenvalue weighted by Crippen LogP contribution is 2.27. The van der Waals surface area contributed by atoms with E-state index in [0.717, 1.165) is 4.31 Å². The van der Waals surface area contributed by atoms with E-state index >= 15 is 0 Å². The van der Waals surface area contributed by atoms with Crippen molar-refractivity contribution in [2.24, 2.45) is 5.92 Å². The highest BCUT2D eigenvalue weighted by molar-refractivity contribution is 9.10. The fraction of sp³-hybridized carbons (Fsp3) is 0.462. The van der Waals surface area contributed by atoms with E-state index in [4.69, 9.17) is 11.6 Å². The molecule has 0 radical (unpaired) electrons. The summed E-state index contributed by atoms with van der Waals surface area (Å²) in [6.07, 6.45) is 0. The van der Waals surface area contributed by atoms with E-state index < -0.39 is 10.0 Å². The van der Waals surface area contributed by atoms with Crippen molar-refractivity contribution in [2.45, 2.75) is 23.6 Å². The van der Waals surface area contributed by atoms with Gasteiger partial charge in [0.15, 0.2) is 0 Å². The molecule has 0 aromatic heterocycles. The molecule has 1 aromatic rings. The zero-order valence-corrected chi connectivity index (χ0v) is 15.4. The maximum Gasteiger partial charge on any atom is 0.244 e. The van der Waals surface area contributed by atoms with Gasteiger partial charge in [0, 0.05) is 19.8 Å². The van der Waals surface area contributed by atoms with Gasteiger partial charge in [-0.1, -0.05) is 41.4 Å². The molecule has 21 heavy (non-hydrogen) atoms. The average molecular weight is 398 g/mol. The number of anilines is 1. The summed E-state index contributed by atoms with van der Waals surface area (Å²) in [5.74, 6) is -0.122. The summed E-state index contributed by atoms with van der Waals surface area (Å²) in [5, 5.41) is 2.79. The highest BCUT2D eigenvalue weighted by atomic mass is 79.9. The van der Waals surface area contributed by atoms with Crippen LogP contribution in [0.2, 0.25) is 5.02 Å². The topological polar surface area (TPSA) is 66.5 Å². The molecule has 0 fully saturated rings. The molecule has 0 spiro atoms. The van der Waals surface area contributed by atoms with Gasteiger partial charge in [0.25, 0.3) is 0 Å². The summed E-state index contributed by atoms with van der Waals surface area (Å²) in [6.45, 7) is 3.81. The van der Waals surface area contributed by atoms with Gasteiger partial charge in [-0.15, -0.1) is 0 Å². The first kappa shape index (κ1) is 18.4. The summed E-state index contributed by atoms with van der Waals surface area (Å²) < 4.78 is 25.4. The Hall–Kier alpha value is -0.630. The number of amides is 1. The number of hydrogen-bond donors (Lipinski definition) is 1. The molecule has 8 heteroatoms. The Morgan fingerprint density at radius 1 is 1.33 bits per heavy atom. The number of carbonyl (C=O) groups excluding carboxylic acids is 1. The van der Waals surface area contributed by atoms with Crippen LogP contribution < -0.4 is 5.32 Å². The van der Waals surface area contributed by atoms with Gasteiger partial charge in [-0.25, -0.2) is 12.7 Å². The van der Waals surface area contributed by atoms with Crippen LogP contribution in [0, 0.1) is 5.92 Å². The largest absolute Gasteiger partial charge is 0.325 e. The van der Waals surface area contributed by atoms with Crippen molar-refractivity contribution in [1.82, 2.24) is 4.31 Å². The molecule has 1 amide bonds. The molecule has 1 atom stereocenters. The summed E-state index contributed by atoms with van der Waals surface area (Å²) >= 11 is 9.24. The molecule has 1 rings (SSSR count). The van der Waals surface area contributed by atoms with Crippen LogP contribution in [0.5, 0.6) is 0 Å². The summed E-state index contributed by atoms with van der Waals surface area (Å²) in [4.78, 5) is 11.6. The predicted molar refractivity (Wildman–Crippen MR) is 88.5 cm³/mol. The third kappa shape index (κ3) is 4.42. The standard InChI is InChI=1S/C13H18BrClN2O3S/c1-8(2)12(14)13(18)16-9-5-6-10(15)11(7-9)21(19,20)17(3)4/h5-8,12H,1-4H3,(H,16,18). The lowest BCUT2D eigenvalue weighted by atomic mass is 10.1. The number of carbonyl (C=O) groups is 1. The van der Waals surface area contributed by atoms with Crippen molar-refractivity contribution in [3.8, 4) is 0 Å². The minimum Gasteiger partial charge on any atom is -0.325 e. The molecule has 1 unspecified atom stereocenters. The quantitative estimate of drug-likeness (QED) is 0.777. The second kappa shape index (κ2) is 7.09. The van der Waals surface area contributed by atoms with Crippen molar-refractivity contribution < 1.29 is 13.2 Å². The Morgan fingerprint density at radius 2 is 1.90 bits per heavy atom. The predicted octanol–water partition coefficient (Wildman–Crippen LogP) is 2.95. The molecule has 118 valence electrons. The minimum absolute atomic E-state index is 0.0392. The molecule has 1 N–H and O–H groups in total. The first-order valence-electron chi connectivity index (χ1n) is 6.24. The van der Waals surface area contributed by atoms with Crippen molar-refractivity contribution in [3.63, 3.8) is 0 Å². The van der Waals surface area contributed by atoms with E-state index in [1.165, 1.54) is 26.2 Å². The fourth-order valence-corrected chi connectivity index (χ4v) is 3.00. The summed E-state index contributed by atoms with van der Waals surface area (Å²) in [6, 6.07) is 4.37. The monoisotopic (exact) mass is 396 g/mol. The number of sulfonamides is 1. The van der Waals surface area contributed by atoms with Crippen LogP contribution in [0.1, 0.15) is 13.8 Å². The molecule has 0 bridgehead atoms. The summed E-state index contributed by atoms with van der Waals surface area (Å²) in [7, 11) is -0.822. The number of hydrogen-bond acceptors (Lipinski definition) is 3. The van der Waals surface area contributed by atoms with Crippen molar-refractivity contribution >= 4 is 49.1 Å².